The molecular weight excluding hydrogens is 240 g/mol. The molecule has 2 aliphatic carbocycles. The normalized spacial score (nSPS) is 33.4. The summed E-state index contributed by atoms with van der Waals surface area (Å²) in [6.07, 6.45) is 6.11. The van der Waals surface area contributed by atoms with Crippen molar-refractivity contribution in [2.45, 2.75) is 71.0 Å². The molecule has 2 rings (SSSR count). The molecule has 1 unspecified atom stereocenters. The fraction of sp³-hybridized carbons (Fsp3) is 0.933. The number of hydrogen-bond donors (Lipinski definition) is 2. The van der Waals surface area contributed by atoms with Gasteiger partial charge in [-0.15, -0.1) is 0 Å². The van der Waals surface area contributed by atoms with E-state index in [0.29, 0.717) is 23.5 Å². The number of carboxylic acid groups (broad SMARTS) is 1. The summed E-state index contributed by atoms with van der Waals surface area (Å²) in [5, 5.41) is 12.6. The summed E-state index contributed by atoms with van der Waals surface area (Å²) in [6, 6.07) is 1.75. The first-order valence-electron chi connectivity index (χ1n) is 7.61. The van der Waals surface area contributed by atoms with Gasteiger partial charge >= 0.3 is 5.97 Å². The van der Waals surface area contributed by atoms with Crippen LogP contribution in [0.3, 0.4) is 0 Å². The lowest BCUT2D eigenvalue weighted by atomic mass is 9.84. The Balaban J connectivity index is 1.70. The van der Waals surface area contributed by atoms with Gasteiger partial charge in [0.25, 0.3) is 0 Å². The maximum Gasteiger partial charge on any atom is 0.317 e. The van der Waals surface area contributed by atoms with Crippen molar-refractivity contribution in [2.75, 3.05) is 13.1 Å². The van der Waals surface area contributed by atoms with Crippen LogP contribution in [0.15, 0.2) is 0 Å². The number of carbonyl (C=O) groups is 1. The molecule has 0 heterocycles. The van der Waals surface area contributed by atoms with Crippen molar-refractivity contribution in [1.29, 1.82) is 0 Å². The first-order valence-corrected chi connectivity index (χ1v) is 7.61. The van der Waals surface area contributed by atoms with E-state index in [9.17, 15) is 4.79 Å². The summed E-state index contributed by atoms with van der Waals surface area (Å²) in [4.78, 5) is 12.9. The number of carboxylic acids is 1. The predicted octanol–water partition coefficient (Wildman–Crippen LogP) is 2.09. The molecule has 0 spiro atoms. The highest BCUT2D eigenvalue weighted by Gasteiger charge is 2.37. The molecule has 0 radical (unpaired) electrons. The fourth-order valence-corrected chi connectivity index (χ4v) is 3.61. The van der Waals surface area contributed by atoms with Crippen LogP contribution >= 0.6 is 0 Å². The van der Waals surface area contributed by atoms with Crippen molar-refractivity contribution in [2.24, 2.45) is 5.41 Å². The second kappa shape index (κ2) is 5.80. The summed E-state index contributed by atoms with van der Waals surface area (Å²) in [6.45, 7) is 7.77. The average Bonchev–Trinajstić information content (AvgIpc) is 2.60. The van der Waals surface area contributed by atoms with E-state index in [1.807, 2.05) is 6.92 Å². The van der Waals surface area contributed by atoms with Gasteiger partial charge in [-0.05, 0) is 44.1 Å². The van der Waals surface area contributed by atoms with E-state index >= 15 is 0 Å². The van der Waals surface area contributed by atoms with E-state index in [1.54, 1.807) is 0 Å². The first-order chi connectivity index (χ1) is 8.89. The van der Waals surface area contributed by atoms with Crippen LogP contribution in [-0.4, -0.2) is 47.2 Å². The molecule has 110 valence electrons. The summed E-state index contributed by atoms with van der Waals surface area (Å²) < 4.78 is 0. The number of nitrogens with zero attached hydrogens (tertiary/aromatic N) is 1. The van der Waals surface area contributed by atoms with Crippen molar-refractivity contribution in [3.8, 4) is 0 Å². The van der Waals surface area contributed by atoms with Gasteiger partial charge < -0.3 is 10.4 Å². The first kappa shape index (κ1) is 14.8. The molecule has 4 heteroatoms. The van der Waals surface area contributed by atoms with Gasteiger partial charge in [-0.1, -0.05) is 20.8 Å². The van der Waals surface area contributed by atoms with Crippen molar-refractivity contribution < 1.29 is 9.90 Å². The SMILES string of the molecule is CCN(CC(=O)O)C1CC(NC2CCC(C)(C)C2)C1. The zero-order valence-corrected chi connectivity index (χ0v) is 12.5. The second-order valence-corrected chi connectivity index (χ2v) is 7.05. The molecule has 0 aromatic heterocycles. The van der Waals surface area contributed by atoms with Gasteiger partial charge in [-0.3, -0.25) is 9.69 Å². The lowest BCUT2D eigenvalue weighted by Gasteiger charge is -2.43. The molecule has 2 N–H and O–H groups in total. The number of aliphatic carboxylic acids is 1. The minimum Gasteiger partial charge on any atom is -0.480 e. The molecule has 2 saturated carbocycles. The van der Waals surface area contributed by atoms with Crippen molar-refractivity contribution in [1.82, 2.24) is 10.2 Å². The molecule has 0 saturated heterocycles. The van der Waals surface area contributed by atoms with Crippen LogP contribution in [0.5, 0.6) is 0 Å². The van der Waals surface area contributed by atoms with Crippen LogP contribution in [0.2, 0.25) is 0 Å². The molecule has 1 atom stereocenters. The van der Waals surface area contributed by atoms with Crippen molar-refractivity contribution >= 4 is 5.97 Å². The Labute approximate surface area is 116 Å². The zero-order valence-electron chi connectivity index (χ0n) is 12.5. The Morgan fingerprint density at radius 2 is 2.05 bits per heavy atom. The van der Waals surface area contributed by atoms with Gasteiger partial charge in [-0.2, -0.15) is 0 Å². The highest BCUT2D eigenvalue weighted by Crippen LogP contribution is 2.38. The molecule has 4 nitrogen and oxygen atoms in total. The molecule has 0 aliphatic heterocycles. The van der Waals surface area contributed by atoms with Crippen LogP contribution in [0, 0.1) is 5.41 Å². The van der Waals surface area contributed by atoms with Crippen molar-refractivity contribution in [3.63, 3.8) is 0 Å². The lowest BCUT2D eigenvalue weighted by Crippen LogP contribution is -2.55. The minimum atomic E-state index is -0.712. The van der Waals surface area contributed by atoms with Crippen LogP contribution < -0.4 is 5.32 Å². The van der Waals surface area contributed by atoms with E-state index in [4.69, 9.17) is 5.11 Å². The molecule has 0 bridgehead atoms. The molecular formula is C15H28N2O2. The number of rotatable bonds is 6. The molecule has 2 fully saturated rings. The molecule has 0 amide bonds. The van der Waals surface area contributed by atoms with Crippen LogP contribution in [-0.2, 0) is 4.79 Å². The third kappa shape index (κ3) is 3.93. The highest BCUT2D eigenvalue weighted by atomic mass is 16.4. The molecule has 2 aliphatic rings. The van der Waals surface area contributed by atoms with E-state index < -0.39 is 5.97 Å². The monoisotopic (exact) mass is 268 g/mol. The van der Waals surface area contributed by atoms with E-state index in [-0.39, 0.29) is 6.54 Å². The Morgan fingerprint density at radius 1 is 1.37 bits per heavy atom. The van der Waals surface area contributed by atoms with E-state index in [2.05, 4.69) is 24.1 Å². The van der Waals surface area contributed by atoms with Crippen LogP contribution in [0.4, 0.5) is 0 Å². The second-order valence-electron chi connectivity index (χ2n) is 7.05. The average molecular weight is 268 g/mol. The van der Waals surface area contributed by atoms with Gasteiger partial charge in [-0.25, -0.2) is 0 Å². The molecule has 0 aromatic rings. The lowest BCUT2D eigenvalue weighted by molar-refractivity contribution is -0.139. The maximum absolute atomic E-state index is 10.8. The van der Waals surface area contributed by atoms with Gasteiger partial charge in [0.05, 0.1) is 6.54 Å². The third-order valence-corrected chi connectivity index (χ3v) is 4.81. The quantitative estimate of drug-likeness (QED) is 0.774. The smallest absolute Gasteiger partial charge is 0.317 e. The summed E-state index contributed by atoms with van der Waals surface area (Å²) >= 11 is 0. The molecule has 19 heavy (non-hydrogen) atoms. The Kier molecular flexibility index (Phi) is 4.51. The number of hydrogen-bond acceptors (Lipinski definition) is 3. The van der Waals surface area contributed by atoms with Gasteiger partial charge in [0.1, 0.15) is 0 Å². The van der Waals surface area contributed by atoms with Crippen LogP contribution in [0.1, 0.15) is 52.9 Å². The van der Waals surface area contributed by atoms with E-state index in [0.717, 1.165) is 19.4 Å². The van der Waals surface area contributed by atoms with Gasteiger partial charge in [0.2, 0.25) is 0 Å². The molecule has 0 aromatic carbocycles. The Hall–Kier alpha value is -0.610. The Bertz CT molecular complexity index is 324. The zero-order chi connectivity index (χ0) is 14.0. The number of likely N-dealkylation sites (N-methyl/N-ethyl adjacent to an activating group) is 1. The summed E-state index contributed by atoms with van der Waals surface area (Å²) in [5.74, 6) is -0.712. The number of nitrogens with one attached hydrogen (secondary N) is 1. The minimum absolute atomic E-state index is 0.185. The Morgan fingerprint density at radius 3 is 2.53 bits per heavy atom. The largest absolute Gasteiger partial charge is 0.480 e. The van der Waals surface area contributed by atoms with Gasteiger partial charge in [0.15, 0.2) is 0 Å². The standard InChI is InChI=1S/C15H28N2O2/c1-4-17(10-14(18)19)13-7-12(8-13)16-11-5-6-15(2,3)9-11/h11-13,16H,4-10H2,1-3H3,(H,18,19). The van der Waals surface area contributed by atoms with E-state index in [1.165, 1.54) is 19.3 Å². The summed E-state index contributed by atoms with van der Waals surface area (Å²) in [5.41, 5.74) is 0.500. The predicted molar refractivity (Wildman–Crippen MR) is 76.2 cm³/mol. The third-order valence-electron chi connectivity index (χ3n) is 4.81. The maximum atomic E-state index is 10.8. The highest BCUT2D eigenvalue weighted by molar-refractivity contribution is 5.69. The van der Waals surface area contributed by atoms with Crippen molar-refractivity contribution in [3.05, 3.63) is 0 Å². The summed E-state index contributed by atoms with van der Waals surface area (Å²) in [7, 11) is 0. The topological polar surface area (TPSA) is 52.6 Å². The fourth-order valence-electron chi connectivity index (χ4n) is 3.61. The van der Waals surface area contributed by atoms with Crippen LogP contribution in [0.25, 0.3) is 0 Å². The van der Waals surface area contributed by atoms with Gasteiger partial charge in [0, 0.05) is 18.1 Å².